The monoisotopic (exact) mass is 218 g/mol. The maximum atomic E-state index is 5.95. The Kier molecular flexibility index (Phi) is 2.21. The van der Waals surface area contributed by atoms with E-state index in [1.807, 2.05) is 12.1 Å². The Hall–Kier alpha value is -1.69. The molecule has 0 saturated carbocycles. The molecule has 2 aromatic rings. The summed E-state index contributed by atoms with van der Waals surface area (Å²) < 4.78 is 1.69. The first kappa shape index (κ1) is 9.53. The molecule has 0 amide bonds. The highest BCUT2D eigenvalue weighted by Crippen LogP contribution is 2.16. The standard InChI is InChI=1S/C10H14N6/c11-8-2-1-5-15(6-8)10-4-3-9-13-12-7-16(9)14-10/h3-4,7-8H,1-2,5-6,11H2/t8-/m0/s1. The predicted octanol–water partition coefficient (Wildman–Crippen LogP) is 0.0518. The third kappa shape index (κ3) is 1.61. The summed E-state index contributed by atoms with van der Waals surface area (Å²) >= 11 is 0. The van der Waals surface area contributed by atoms with E-state index in [1.165, 1.54) is 0 Å². The largest absolute Gasteiger partial charge is 0.354 e. The van der Waals surface area contributed by atoms with Gasteiger partial charge >= 0.3 is 0 Å². The average molecular weight is 218 g/mol. The second-order valence-electron chi connectivity index (χ2n) is 4.17. The number of hydrogen-bond donors (Lipinski definition) is 1. The Morgan fingerprint density at radius 2 is 2.31 bits per heavy atom. The minimum Gasteiger partial charge on any atom is -0.354 e. The molecular formula is C10H14N6. The van der Waals surface area contributed by atoms with E-state index in [9.17, 15) is 0 Å². The summed E-state index contributed by atoms with van der Waals surface area (Å²) in [5.41, 5.74) is 6.72. The summed E-state index contributed by atoms with van der Waals surface area (Å²) in [5.74, 6) is 0.947. The normalized spacial score (nSPS) is 21.6. The molecule has 0 aromatic carbocycles. The van der Waals surface area contributed by atoms with Gasteiger partial charge < -0.3 is 10.6 Å². The van der Waals surface area contributed by atoms with Gasteiger partial charge in [0.25, 0.3) is 0 Å². The first-order valence-corrected chi connectivity index (χ1v) is 5.50. The van der Waals surface area contributed by atoms with Crippen molar-refractivity contribution in [3.8, 4) is 0 Å². The van der Waals surface area contributed by atoms with E-state index < -0.39 is 0 Å². The quantitative estimate of drug-likeness (QED) is 0.732. The first-order valence-electron chi connectivity index (χ1n) is 5.50. The van der Waals surface area contributed by atoms with Gasteiger partial charge in [-0.3, -0.25) is 0 Å². The molecule has 1 aliphatic rings. The minimum atomic E-state index is 0.257. The Morgan fingerprint density at radius 1 is 1.38 bits per heavy atom. The smallest absolute Gasteiger partial charge is 0.177 e. The molecule has 0 spiro atoms. The predicted molar refractivity (Wildman–Crippen MR) is 60.2 cm³/mol. The van der Waals surface area contributed by atoms with Gasteiger partial charge in [0.05, 0.1) is 0 Å². The maximum absolute atomic E-state index is 5.95. The third-order valence-corrected chi connectivity index (χ3v) is 2.93. The molecule has 6 heteroatoms. The minimum absolute atomic E-state index is 0.257. The topological polar surface area (TPSA) is 72.3 Å². The molecule has 3 heterocycles. The highest BCUT2D eigenvalue weighted by Gasteiger charge is 2.18. The summed E-state index contributed by atoms with van der Waals surface area (Å²) in [4.78, 5) is 2.22. The van der Waals surface area contributed by atoms with Gasteiger partial charge in [-0.1, -0.05) is 0 Å². The van der Waals surface area contributed by atoms with Crippen molar-refractivity contribution < 1.29 is 0 Å². The number of aromatic nitrogens is 4. The van der Waals surface area contributed by atoms with Crippen molar-refractivity contribution in [2.24, 2.45) is 5.73 Å². The number of hydrogen-bond acceptors (Lipinski definition) is 5. The van der Waals surface area contributed by atoms with Crippen LogP contribution in [0.1, 0.15) is 12.8 Å². The SMILES string of the molecule is N[C@H]1CCCN(c2ccc3nncn3n2)C1. The van der Waals surface area contributed by atoms with E-state index in [2.05, 4.69) is 20.2 Å². The second kappa shape index (κ2) is 3.71. The molecule has 1 atom stereocenters. The fraction of sp³-hybridized carbons (Fsp3) is 0.500. The molecule has 0 unspecified atom stereocenters. The van der Waals surface area contributed by atoms with Crippen LogP contribution in [0.2, 0.25) is 0 Å². The molecule has 6 nitrogen and oxygen atoms in total. The molecule has 2 N–H and O–H groups in total. The molecule has 1 fully saturated rings. The van der Waals surface area contributed by atoms with Gasteiger partial charge in [-0.15, -0.1) is 15.3 Å². The molecular weight excluding hydrogens is 204 g/mol. The number of fused-ring (bicyclic) bond motifs is 1. The van der Waals surface area contributed by atoms with Crippen LogP contribution in [0.15, 0.2) is 18.5 Å². The second-order valence-corrected chi connectivity index (χ2v) is 4.17. The van der Waals surface area contributed by atoms with E-state index in [1.54, 1.807) is 10.8 Å². The van der Waals surface area contributed by atoms with Gasteiger partial charge in [0.1, 0.15) is 12.1 Å². The summed E-state index contributed by atoms with van der Waals surface area (Å²) in [6.07, 6.45) is 3.84. The van der Waals surface area contributed by atoms with Crippen molar-refractivity contribution in [1.29, 1.82) is 0 Å². The zero-order valence-corrected chi connectivity index (χ0v) is 8.95. The lowest BCUT2D eigenvalue weighted by Gasteiger charge is -2.31. The van der Waals surface area contributed by atoms with Crippen molar-refractivity contribution >= 4 is 11.5 Å². The molecule has 84 valence electrons. The van der Waals surface area contributed by atoms with Crippen LogP contribution >= 0.6 is 0 Å². The van der Waals surface area contributed by atoms with E-state index in [0.29, 0.717) is 0 Å². The molecule has 0 radical (unpaired) electrons. The summed E-state index contributed by atoms with van der Waals surface area (Å²) in [6, 6.07) is 4.16. The number of nitrogens with two attached hydrogens (primary N) is 1. The van der Waals surface area contributed by atoms with E-state index in [-0.39, 0.29) is 6.04 Å². The summed E-state index contributed by atoms with van der Waals surface area (Å²) in [5, 5.41) is 12.2. The van der Waals surface area contributed by atoms with E-state index >= 15 is 0 Å². The van der Waals surface area contributed by atoms with Crippen LogP contribution in [0.25, 0.3) is 5.65 Å². The molecule has 2 aromatic heterocycles. The van der Waals surface area contributed by atoms with Crippen molar-refractivity contribution in [1.82, 2.24) is 19.8 Å². The molecule has 1 aliphatic heterocycles. The number of piperidine rings is 1. The van der Waals surface area contributed by atoms with Gasteiger partial charge in [0.15, 0.2) is 5.65 Å². The molecule has 0 aliphatic carbocycles. The lowest BCUT2D eigenvalue weighted by Crippen LogP contribution is -2.43. The van der Waals surface area contributed by atoms with Crippen molar-refractivity contribution in [3.63, 3.8) is 0 Å². The zero-order valence-electron chi connectivity index (χ0n) is 8.95. The fourth-order valence-electron chi connectivity index (χ4n) is 2.11. The number of nitrogens with zero attached hydrogens (tertiary/aromatic N) is 5. The highest BCUT2D eigenvalue weighted by molar-refractivity contribution is 5.45. The molecule has 1 saturated heterocycles. The number of anilines is 1. The molecule has 3 rings (SSSR count). The maximum Gasteiger partial charge on any atom is 0.177 e. The van der Waals surface area contributed by atoms with Gasteiger partial charge in [-0.25, -0.2) is 0 Å². The van der Waals surface area contributed by atoms with Crippen LogP contribution in [-0.4, -0.2) is 38.9 Å². The number of rotatable bonds is 1. The fourth-order valence-corrected chi connectivity index (χ4v) is 2.11. The summed E-state index contributed by atoms with van der Waals surface area (Å²) in [6.45, 7) is 1.90. The van der Waals surface area contributed by atoms with Gasteiger partial charge in [-0.05, 0) is 25.0 Å². The lowest BCUT2D eigenvalue weighted by atomic mass is 10.1. The highest BCUT2D eigenvalue weighted by atomic mass is 15.4. The van der Waals surface area contributed by atoms with Crippen LogP contribution in [0.4, 0.5) is 5.82 Å². The van der Waals surface area contributed by atoms with Crippen molar-refractivity contribution in [2.45, 2.75) is 18.9 Å². The lowest BCUT2D eigenvalue weighted by molar-refractivity contribution is 0.501. The van der Waals surface area contributed by atoms with Crippen LogP contribution in [0.5, 0.6) is 0 Å². The summed E-state index contributed by atoms with van der Waals surface area (Å²) in [7, 11) is 0. The average Bonchev–Trinajstić information content (AvgIpc) is 2.75. The Labute approximate surface area is 93.1 Å². The Morgan fingerprint density at radius 3 is 3.19 bits per heavy atom. The van der Waals surface area contributed by atoms with Crippen LogP contribution < -0.4 is 10.6 Å². The van der Waals surface area contributed by atoms with Crippen LogP contribution in [0.3, 0.4) is 0 Å². The van der Waals surface area contributed by atoms with E-state index in [4.69, 9.17) is 5.73 Å². The molecule has 16 heavy (non-hydrogen) atoms. The molecule has 0 bridgehead atoms. The van der Waals surface area contributed by atoms with Crippen molar-refractivity contribution in [3.05, 3.63) is 18.5 Å². The Balaban J connectivity index is 1.92. The van der Waals surface area contributed by atoms with E-state index in [0.717, 1.165) is 37.4 Å². The van der Waals surface area contributed by atoms with Gasteiger partial charge in [0, 0.05) is 19.1 Å². The first-order chi connectivity index (χ1) is 7.83. The Bertz CT molecular complexity index is 493. The van der Waals surface area contributed by atoms with Gasteiger partial charge in [0.2, 0.25) is 0 Å². The third-order valence-electron chi connectivity index (χ3n) is 2.93. The van der Waals surface area contributed by atoms with Gasteiger partial charge in [-0.2, -0.15) is 4.52 Å². The van der Waals surface area contributed by atoms with Crippen LogP contribution in [0, 0.1) is 0 Å². The van der Waals surface area contributed by atoms with Crippen LogP contribution in [-0.2, 0) is 0 Å². The van der Waals surface area contributed by atoms with Crippen molar-refractivity contribution in [2.75, 3.05) is 18.0 Å². The zero-order chi connectivity index (χ0) is 11.0.